The highest BCUT2D eigenvalue weighted by Crippen LogP contribution is 2.27. The molecular formula is C16H23NO3. The first-order valence-electron chi connectivity index (χ1n) is 7.03. The topological polar surface area (TPSA) is 49.8 Å². The first-order chi connectivity index (χ1) is 9.45. The third-order valence-electron chi connectivity index (χ3n) is 3.86. The molecule has 0 aromatic heterocycles. The Labute approximate surface area is 120 Å². The van der Waals surface area contributed by atoms with Gasteiger partial charge in [-0.15, -0.1) is 0 Å². The predicted molar refractivity (Wildman–Crippen MR) is 77.3 cm³/mol. The van der Waals surface area contributed by atoms with Gasteiger partial charge in [-0.3, -0.25) is 4.79 Å². The van der Waals surface area contributed by atoms with E-state index in [-0.39, 0.29) is 18.6 Å². The Morgan fingerprint density at radius 3 is 2.80 bits per heavy atom. The minimum absolute atomic E-state index is 0.0121. The number of benzene rings is 1. The Bertz CT molecular complexity index is 484. The number of morpholine rings is 1. The van der Waals surface area contributed by atoms with Gasteiger partial charge in [-0.2, -0.15) is 0 Å². The fourth-order valence-electron chi connectivity index (χ4n) is 2.47. The van der Waals surface area contributed by atoms with Gasteiger partial charge in [-0.05, 0) is 31.9 Å². The summed E-state index contributed by atoms with van der Waals surface area (Å²) in [6.07, 6.45) is -0.0802. The highest BCUT2D eigenvalue weighted by Gasteiger charge is 2.34. The van der Waals surface area contributed by atoms with Crippen molar-refractivity contribution in [1.82, 2.24) is 4.90 Å². The summed E-state index contributed by atoms with van der Waals surface area (Å²) < 4.78 is 5.82. The first-order valence-corrected chi connectivity index (χ1v) is 7.03. The fraction of sp³-hybridized carbons (Fsp3) is 0.562. The third-order valence-corrected chi connectivity index (χ3v) is 3.86. The average molecular weight is 277 g/mol. The molecule has 4 nitrogen and oxygen atoms in total. The summed E-state index contributed by atoms with van der Waals surface area (Å²) in [6, 6.07) is 8.09. The molecule has 1 atom stereocenters. The van der Waals surface area contributed by atoms with Gasteiger partial charge in [0, 0.05) is 6.54 Å². The lowest BCUT2D eigenvalue weighted by Crippen LogP contribution is -2.48. The van der Waals surface area contributed by atoms with Crippen molar-refractivity contribution in [2.24, 2.45) is 5.41 Å². The fourth-order valence-corrected chi connectivity index (χ4v) is 2.47. The second kappa shape index (κ2) is 5.94. The summed E-state index contributed by atoms with van der Waals surface area (Å²) in [7, 11) is 0. The Morgan fingerprint density at radius 2 is 2.15 bits per heavy atom. The van der Waals surface area contributed by atoms with Crippen LogP contribution in [0.15, 0.2) is 24.3 Å². The van der Waals surface area contributed by atoms with Crippen LogP contribution in [0.3, 0.4) is 0 Å². The second-order valence-corrected chi connectivity index (χ2v) is 6.01. The maximum Gasteiger partial charge on any atom is 0.230 e. The van der Waals surface area contributed by atoms with Gasteiger partial charge in [0.05, 0.1) is 25.2 Å². The van der Waals surface area contributed by atoms with Crippen LogP contribution in [0.5, 0.6) is 0 Å². The molecule has 1 N–H and O–H groups in total. The first kappa shape index (κ1) is 15.0. The number of nitrogens with zero attached hydrogens (tertiary/aromatic N) is 1. The molecule has 110 valence electrons. The molecule has 0 bridgehead atoms. The van der Waals surface area contributed by atoms with Crippen LogP contribution >= 0.6 is 0 Å². The van der Waals surface area contributed by atoms with Crippen molar-refractivity contribution in [3.05, 3.63) is 35.4 Å². The predicted octanol–water partition coefficient (Wildman–Crippen LogP) is 1.91. The van der Waals surface area contributed by atoms with Crippen molar-refractivity contribution >= 4 is 5.91 Å². The van der Waals surface area contributed by atoms with Crippen LogP contribution in [-0.4, -0.2) is 42.2 Å². The summed E-state index contributed by atoms with van der Waals surface area (Å²) in [5, 5.41) is 9.34. The van der Waals surface area contributed by atoms with E-state index in [0.29, 0.717) is 19.7 Å². The third kappa shape index (κ3) is 3.02. The van der Waals surface area contributed by atoms with E-state index in [1.807, 2.05) is 18.2 Å². The minimum atomic E-state index is -0.729. The van der Waals surface area contributed by atoms with E-state index in [0.717, 1.165) is 5.56 Å². The maximum absolute atomic E-state index is 12.4. The van der Waals surface area contributed by atoms with Crippen LogP contribution in [0.1, 0.15) is 31.1 Å². The Morgan fingerprint density at radius 1 is 1.45 bits per heavy atom. The highest BCUT2D eigenvalue weighted by molar-refractivity contribution is 5.82. The van der Waals surface area contributed by atoms with Crippen molar-refractivity contribution in [1.29, 1.82) is 0 Å². The molecule has 20 heavy (non-hydrogen) atoms. The normalized spacial score (nSPS) is 20.0. The molecule has 1 aliphatic heterocycles. The molecule has 1 aromatic carbocycles. The van der Waals surface area contributed by atoms with Crippen molar-refractivity contribution in [3.63, 3.8) is 0 Å². The van der Waals surface area contributed by atoms with Gasteiger partial charge in [0.25, 0.3) is 0 Å². The molecule has 0 spiro atoms. The number of carbonyl (C=O) groups is 1. The number of rotatable bonds is 3. The zero-order chi connectivity index (χ0) is 14.8. The summed E-state index contributed by atoms with van der Waals surface area (Å²) in [4.78, 5) is 14.2. The number of aliphatic hydroxyl groups is 1. The van der Waals surface area contributed by atoms with Crippen LogP contribution in [0.25, 0.3) is 0 Å². The molecule has 0 radical (unpaired) electrons. The standard InChI is InChI=1S/C16H23NO3/c1-12-6-4-5-7-13(12)14-10-17(8-9-20-14)15(19)16(2,3)11-18/h4-7,14,18H,8-11H2,1-3H3. The van der Waals surface area contributed by atoms with E-state index < -0.39 is 5.41 Å². The number of aliphatic hydroxyl groups excluding tert-OH is 1. The largest absolute Gasteiger partial charge is 0.395 e. The van der Waals surface area contributed by atoms with Crippen molar-refractivity contribution in [2.75, 3.05) is 26.3 Å². The van der Waals surface area contributed by atoms with Gasteiger partial charge < -0.3 is 14.7 Å². The van der Waals surface area contributed by atoms with Gasteiger partial charge in [0.2, 0.25) is 5.91 Å². The zero-order valence-electron chi connectivity index (χ0n) is 12.4. The maximum atomic E-state index is 12.4. The molecule has 1 aromatic rings. The molecule has 4 heteroatoms. The number of hydrogen-bond donors (Lipinski definition) is 1. The van der Waals surface area contributed by atoms with E-state index in [1.165, 1.54) is 5.56 Å². The molecule has 1 aliphatic rings. The zero-order valence-corrected chi connectivity index (χ0v) is 12.4. The Kier molecular flexibility index (Phi) is 4.45. The molecule has 1 heterocycles. The number of carbonyl (C=O) groups excluding carboxylic acids is 1. The lowest BCUT2D eigenvalue weighted by molar-refractivity contribution is -0.150. The quantitative estimate of drug-likeness (QED) is 0.918. The van der Waals surface area contributed by atoms with E-state index in [2.05, 4.69) is 13.0 Å². The van der Waals surface area contributed by atoms with Crippen molar-refractivity contribution in [2.45, 2.75) is 26.9 Å². The molecule has 1 fully saturated rings. The van der Waals surface area contributed by atoms with Gasteiger partial charge in [0.15, 0.2) is 0 Å². The number of aryl methyl sites for hydroxylation is 1. The van der Waals surface area contributed by atoms with Gasteiger partial charge in [-0.25, -0.2) is 0 Å². The molecule has 1 saturated heterocycles. The number of ether oxygens (including phenoxy) is 1. The summed E-state index contributed by atoms with van der Waals surface area (Å²) in [6.45, 7) is 7.13. The smallest absolute Gasteiger partial charge is 0.230 e. The lowest BCUT2D eigenvalue weighted by atomic mass is 9.92. The van der Waals surface area contributed by atoms with Crippen LogP contribution in [0.4, 0.5) is 0 Å². The second-order valence-electron chi connectivity index (χ2n) is 6.01. The summed E-state index contributed by atoms with van der Waals surface area (Å²) >= 11 is 0. The molecule has 0 aliphatic carbocycles. The minimum Gasteiger partial charge on any atom is -0.395 e. The van der Waals surface area contributed by atoms with Gasteiger partial charge >= 0.3 is 0 Å². The summed E-state index contributed by atoms with van der Waals surface area (Å²) in [5.74, 6) is -0.0121. The number of hydrogen-bond acceptors (Lipinski definition) is 3. The van der Waals surface area contributed by atoms with E-state index >= 15 is 0 Å². The SMILES string of the molecule is Cc1ccccc1C1CN(C(=O)C(C)(C)CO)CCO1. The van der Waals surface area contributed by atoms with E-state index in [4.69, 9.17) is 4.74 Å². The van der Waals surface area contributed by atoms with Crippen LogP contribution in [0, 0.1) is 12.3 Å². The van der Waals surface area contributed by atoms with Crippen molar-refractivity contribution in [3.8, 4) is 0 Å². The molecular weight excluding hydrogens is 254 g/mol. The monoisotopic (exact) mass is 277 g/mol. The highest BCUT2D eigenvalue weighted by atomic mass is 16.5. The Balaban J connectivity index is 2.14. The van der Waals surface area contributed by atoms with Gasteiger partial charge in [0.1, 0.15) is 6.10 Å². The molecule has 2 rings (SSSR count). The Hall–Kier alpha value is -1.39. The van der Waals surface area contributed by atoms with E-state index in [9.17, 15) is 9.90 Å². The van der Waals surface area contributed by atoms with Crippen LogP contribution < -0.4 is 0 Å². The van der Waals surface area contributed by atoms with Crippen LogP contribution in [-0.2, 0) is 9.53 Å². The molecule has 0 saturated carbocycles. The van der Waals surface area contributed by atoms with Crippen molar-refractivity contribution < 1.29 is 14.6 Å². The lowest BCUT2D eigenvalue weighted by Gasteiger charge is -2.37. The van der Waals surface area contributed by atoms with Crippen LogP contribution in [0.2, 0.25) is 0 Å². The summed E-state index contributed by atoms with van der Waals surface area (Å²) in [5.41, 5.74) is 1.58. The van der Waals surface area contributed by atoms with Gasteiger partial charge in [-0.1, -0.05) is 24.3 Å². The molecule has 1 unspecified atom stereocenters. The average Bonchev–Trinajstić information content (AvgIpc) is 2.47. The molecule has 1 amide bonds. The van der Waals surface area contributed by atoms with E-state index in [1.54, 1.807) is 18.7 Å². The number of amides is 1.